The molecule has 5 nitrogen and oxygen atoms in total. The van der Waals surface area contributed by atoms with E-state index in [1.807, 2.05) is 13.0 Å². The Hall–Kier alpha value is -2.79. The van der Waals surface area contributed by atoms with E-state index in [0.717, 1.165) is 12.0 Å². The molecule has 2 rings (SSSR count). The van der Waals surface area contributed by atoms with Crippen molar-refractivity contribution in [2.45, 2.75) is 46.5 Å². The zero-order valence-corrected chi connectivity index (χ0v) is 18.6. The second-order valence-electron chi connectivity index (χ2n) is 7.18. The minimum Gasteiger partial charge on any atom is -0.478 e. The van der Waals surface area contributed by atoms with E-state index in [1.165, 1.54) is 0 Å². The number of nitrogens with one attached hydrogen (secondary N) is 2. The highest BCUT2D eigenvalue weighted by atomic mass is 35.5. The van der Waals surface area contributed by atoms with Crippen molar-refractivity contribution < 1.29 is 14.7 Å². The maximum Gasteiger partial charge on any atom is 0.334 e. The molecular weight excluding hydrogens is 400 g/mol. The molecule has 0 saturated heterocycles. The van der Waals surface area contributed by atoms with Crippen LogP contribution in [0.1, 0.15) is 52.0 Å². The highest BCUT2D eigenvalue weighted by Gasteiger charge is 2.36. The van der Waals surface area contributed by atoms with Gasteiger partial charge < -0.3 is 15.7 Å². The Morgan fingerprint density at radius 1 is 1.23 bits per heavy atom. The fourth-order valence-electron chi connectivity index (χ4n) is 3.61. The third-order valence-corrected chi connectivity index (χ3v) is 5.29. The smallest absolute Gasteiger partial charge is 0.334 e. The minimum atomic E-state index is -1.07. The number of benzene rings is 1. The van der Waals surface area contributed by atoms with Gasteiger partial charge in [-0.25, -0.2) is 4.79 Å². The molecule has 30 heavy (non-hydrogen) atoms. The van der Waals surface area contributed by atoms with Crippen molar-refractivity contribution in [3.8, 4) is 0 Å². The molecule has 3 N–H and O–H groups in total. The molecule has 1 aromatic carbocycles. The number of hydrogen-bond donors (Lipinski definition) is 3. The third-order valence-electron chi connectivity index (χ3n) is 5.06. The monoisotopic (exact) mass is 428 g/mol. The second-order valence-corrected chi connectivity index (χ2v) is 7.61. The van der Waals surface area contributed by atoms with Gasteiger partial charge in [0.25, 0.3) is 0 Å². The standard InChI is InChI=1S/C24H29ClN2O3/c1-5-7-9-17(6-2)12-13-26-23(28)20-15(3)27-16(4)21(24(29)30)22(20)18-10-8-11-19(25)14-18/h6-11,14,22,27H,5,12-13H2,1-4H3,(H,26,28)(H,29,30)/b9-7-,17-6+. The molecule has 0 aromatic heterocycles. The number of dihydropyridines is 1. The summed E-state index contributed by atoms with van der Waals surface area (Å²) in [6.45, 7) is 7.99. The molecule has 6 heteroatoms. The second kappa shape index (κ2) is 10.8. The average Bonchev–Trinajstić information content (AvgIpc) is 2.69. The normalized spacial score (nSPS) is 17.4. The quantitative estimate of drug-likeness (QED) is 0.504. The van der Waals surface area contributed by atoms with Crippen LogP contribution in [0.4, 0.5) is 0 Å². The zero-order valence-electron chi connectivity index (χ0n) is 17.9. The number of carbonyl (C=O) groups is 2. The van der Waals surface area contributed by atoms with E-state index in [-0.39, 0.29) is 11.5 Å². The van der Waals surface area contributed by atoms with Crippen LogP contribution in [0.25, 0.3) is 0 Å². The number of carboxylic acids is 1. The molecule has 160 valence electrons. The first-order valence-corrected chi connectivity index (χ1v) is 10.4. The van der Waals surface area contributed by atoms with E-state index in [2.05, 4.69) is 29.7 Å². The molecule has 1 atom stereocenters. The summed E-state index contributed by atoms with van der Waals surface area (Å²) in [4.78, 5) is 25.2. The SMILES string of the molecule is C/C=C(\C=C/CC)CCNC(=O)C1=C(C)NC(C)=C(C(=O)O)C1c1cccc(Cl)c1. The van der Waals surface area contributed by atoms with Crippen LogP contribution in [0.15, 0.2) is 70.6 Å². The van der Waals surface area contributed by atoms with Gasteiger partial charge in [-0.3, -0.25) is 4.79 Å². The molecule has 0 bridgehead atoms. The van der Waals surface area contributed by atoms with Crippen LogP contribution in [-0.2, 0) is 9.59 Å². The molecule has 1 amide bonds. The van der Waals surface area contributed by atoms with Gasteiger partial charge in [0.05, 0.1) is 11.5 Å². The number of aliphatic carboxylic acids is 1. The number of rotatable bonds is 8. The Morgan fingerprint density at radius 3 is 2.53 bits per heavy atom. The summed E-state index contributed by atoms with van der Waals surface area (Å²) >= 11 is 6.16. The molecule has 0 aliphatic carbocycles. The van der Waals surface area contributed by atoms with Gasteiger partial charge in [-0.15, -0.1) is 0 Å². The van der Waals surface area contributed by atoms with E-state index < -0.39 is 11.9 Å². The first-order valence-electron chi connectivity index (χ1n) is 10.1. The van der Waals surface area contributed by atoms with Crippen LogP contribution < -0.4 is 10.6 Å². The Balaban J connectivity index is 2.33. The van der Waals surface area contributed by atoms with Gasteiger partial charge >= 0.3 is 5.97 Å². The van der Waals surface area contributed by atoms with Crippen LogP contribution >= 0.6 is 11.6 Å². The maximum absolute atomic E-state index is 13.1. The molecule has 0 fully saturated rings. The topological polar surface area (TPSA) is 78.4 Å². The van der Waals surface area contributed by atoms with Crippen molar-refractivity contribution in [2.24, 2.45) is 0 Å². The largest absolute Gasteiger partial charge is 0.478 e. The number of amides is 1. The average molecular weight is 429 g/mol. The molecule has 1 aliphatic rings. The Morgan fingerprint density at radius 2 is 1.93 bits per heavy atom. The van der Waals surface area contributed by atoms with Crippen molar-refractivity contribution in [1.29, 1.82) is 0 Å². The van der Waals surface area contributed by atoms with Crippen molar-refractivity contribution in [2.75, 3.05) is 6.54 Å². The summed E-state index contributed by atoms with van der Waals surface area (Å²) in [5.41, 5.74) is 3.50. The number of allylic oxidation sites excluding steroid dienone is 5. The summed E-state index contributed by atoms with van der Waals surface area (Å²) in [7, 11) is 0. The van der Waals surface area contributed by atoms with Gasteiger partial charge in [-0.2, -0.15) is 0 Å². The molecule has 1 unspecified atom stereocenters. The molecule has 1 heterocycles. The lowest BCUT2D eigenvalue weighted by Gasteiger charge is -2.30. The Kier molecular flexibility index (Phi) is 8.48. The summed E-state index contributed by atoms with van der Waals surface area (Å²) in [5, 5.41) is 16.4. The third kappa shape index (κ3) is 5.63. The first-order chi connectivity index (χ1) is 14.3. The fourth-order valence-corrected chi connectivity index (χ4v) is 3.81. The summed E-state index contributed by atoms with van der Waals surface area (Å²) in [6.07, 6.45) is 7.81. The molecule has 1 aliphatic heterocycles. The lowest BCUT2D eigenvalue weighted by atomic mass is 9.80. The molecular formula is C24H29ClN2O3. The van der Waals surface area contributed by atoms with E-state index in [1.54, 1.807) is 38.1 Å². The molecule has 0 radical (unpaired) electrons. The van der Waals surface area contributed by atoms with Crippen molar-refractivity contribution in [1.82, 2.24) is 10.6 Å². The van der Waals surface area contributed by atoms with Crippen LogP contribution in [0.5, 0.6) is 0 Å². The molecule has 0 spiro atoms. The number of carbonyl (C=O) groups excluding carboxylic acids is 1. The minimum absolute atomic E-state index is 0.146. The number of halogens is 1. The van der Waals surface area contributed by atoms with Crippen molar-refractivity contribution in [3.63, 3.8) is 0 Å². The van der Waals surface area contributed by atoms with E-state index in [9.17, 15) is 14.7 Å². The van der Waals surface area contributed by atoms with E-state index in [0.29, 0.717) is 40.5 Å². The predicted molar refractivity (Wildman–Crippen MR) is 121 cm³/mol. The summed E-state index contributed by atoms with van der Waals surface area (Å²) < 4.78 is 0. The van der Waals surface area contributed by atoms with Gasteiger partial charge in [-0.1, -0.05) is 54.5 Å². The van der Waals surface area contributed by atoms with Crippen LogP contribution in [-0.4, -0.2) is 23.5 Å². The van der Waals surface area contributed by atoms with E-state index >= 15 is 0 Å². The predicted octanol–water partition coefficient (Wildman–Crippen LogP) is 5.08. The number of hydrogen-bond acceptors (Lipinski definition) is 3. The van der Waals surface area contributed by atoms with E-state index in [4.69, 9.17) is 11.6 Å². The molecule has 0 saturated carbocycles. The van der Waals surface area contributed by atoms with Gasteiger partial charge in [0.15, 0.2) is 0 Å². The van der Waals surface area contributed by atoms with Crippen LogP contribution in [0, 0.1) is 0 Å². The summed E-state index contributed by atoms with van der Waals surface area (Å²) in [6, 6.07) is 6.99. The Labute approximate surface area is 183 Å². The molecule has 1 aromatic rings. The lowest BCUT2D eigenvalue weighted by molar-refractivity contribution is -0.133. The highest BCUT2D eigenvalue weighted by Crippen LogP contribution is 2.38. The fraction of sp³-hybridized carbons (Fsp3) is 0.333. The van der Waals surface area contributed by atoms with Crippen LogP contribution in [0.3, 0.4) is 0 Å². The van der Waals surface area contributed by atoms with Gasteiger partial charge in [0, 0.05) is 28.5 Å². The lowest BCUT2D eigenvalue weighted by Crippen LogP contribution is -2.36. The van der Waals surface area contributed by atoms with Gasteiger partial charge in [0.2, 0.25) is 5.91 Å². The number of carboxylic acid groups (broad SMARTS) is 1. The van der Waals surface area contributed by atoms with Gasteiger partial charge in [-0.05, 0) is 51.3 Å². The van der Waals surface area contributed by atoms with Gasteiger partial charge in [0.1, 0.15) is 0 Å². The highest BCUT2D eigenvalue weighted by molar-refractivity contribution is 6.30. The Bertz CT molecular complexity index is 942. The summed E-state index contributed by atoms with van der Waals surface area (Å²) in [5.74, 6) is -2.06. The van der Waals surface area contributed by atoms with Crippen molar-refractivity contribution >= 4 is 23.5 Å². The zero-order chi connectivity index (χ0) is 22.3. The van der Waals surface area contributed by atoms with Crippen LogP contribution in [0.2, 0.25) is 5.02 Å². The van der Waals surface area contributed by atoms with Crippen molar-refractivity contribution in [3.05, 3.63) is 81.2 Å². The first kappa shape index (κ1) is 23.5. The maximum atomic E-state index is 13.1.